The quantitative estimate of drug-likeness (QED) is 0.841. The molecule has 0 saturated carbocycles. The summed E-state index contributed by atoms with van der Waals surface area (Å²) < 4.78 is 26.9. The molecule has 2 rings (SSSR count). The average molecular weight is 354 g/mol. The second-order valence-corrected chi connectivity index (χ2v) is 8.16. The van der Waals surface area contributed by atoms with Gasteiger partial charge in [-0.2, -0.15) is 4.31 Å². The highest BCUT2D eigenvalue weighted by Gasteiger charge is 2.28. The largest absolute Gasteiger partial charge is 0.395 e. The third-order valence-electron chi connectivity index (χ3n) is 4.52. The lowest BCUT2D eigenvalue weighted by Crippen LogP contribution is -2.38. The van der Waals surface area contributed by atoms with Crippen LogP contribution in [0.1, 0.15) is 37.0 Å². The molecular weight excluding hydrogens is 328 g/mol. The maximum atomic E-state index is 12.7. The van der Waals surface area contributed by atoms with Crippen LogP contribution in [0.4, 0.5) is 0 Å². The number of benzene rings is 1. The monoisotopic (exact) mass is 354 g/mol. The molecule has 0 aliphatic carbocycles. The summed E-state index contributed by atoms with van der Waals surface area (Å²) in [5.41, 5.74) is 0.427. The Balaban J connectivity index is 2.15. The predicted molar refractivity (Wildman–Crippen MR) is 92.3 cm³/mol. The first kappa shape index (κ1) is 18.9. The molecule has 24 heavy (non-hydrogen) atoms. The number of piperidine rings is 1. The minimum absolute atomic E-state index is 0.0978. The van der Waals surface area contributed by atoms with Crippen molar-refractivity contribution in [1.29, 1.82) is 0 Å². The third kappa shape index (κ3) is 4.15. The molecule has 6 nitrogen and oxygen atoms in total. The summed E-state index contributed by atoms with van der Waals surface area (Å²) in [5.74, 6) is 0.352. The topological polar surface area (TPSA) is 77.9 Å². The van der Waals surface area contributed by atoms with Gasteiger partial charge in [0, 0.05) is 31.7 Å². The molecule has 7 heteroatoms. The molecule has 1 aromatic carbocycles. The van der Waals surface area contributed by atoms with Crippen molar-refractivity contribution in [3.05, 3.63) is 29.8 Å². The van der Waals surface area contributed by atoms with E-state index in [2.05, 4.69) is 6.92 Å². The van der Waals surface area contributed by atoms with Gasteiger partial charge in [-0.15, -0.1) is 0 Å². The second-order valence-electron chi connectivity index (χ2n) is 6.22. The molecule has 1 saturated heterocycles. The summed E-state index contributed by atoms with van der Waals surface area (Å²) in [4.78, 5) is 14.1. The fourth-order valence-corrected chi connectivity index (χ4v) is 4.32. The number of amides is 1. The van der Waals surface area contributed by atoms with E-state index in [1.807, 2.05) is 6.92 Å². The van der Waals surface area contributed by atoms with Gasteiger partial charge in [0.2, 0.25) is 10.0 Å². The minimum atomic E-state index is -3.50. The van der Waals surface area contributed by atoms with E-state index in [1.165, 1.54) is 21.3 Å². The number of hydrogen-bond donors (Lipinski definition) is 1. The van der Waals surface area contributed by atoms with Crippen molar-refractivity contribution in [3.63, 3.8) is 0 Å². The van der Waals surface area contributed by atoms with Crippen LogP contribution >= 0.6 is 0 Å². The van der Waals surface area contributed by atoms with Crippen molar-refractivity contribution in [2.45, 2.75) is 31.6 Å². The maximum absolute atomic E-state index is 12.7. The van der Waals surface area contributed by atoms with Crippen LogP contribution in [0, 0.1) is 5.92 Å². The summed E-state index contributed by atoms with van der Waals surface area (Å²) >= 11 is 0. The zero-order valence-electron chi connectivity index (χ0n) is 14.3. The summed E-state index contributed by atoms with van der Waals surface area (Å²) in [7, 11) is -3.50. The van der Waals surface area contributed by atoms with Crippen molar-refractivity contribution >= 4 is 15.9 Å². The van der Waals surface area contributed by atoms with E-state index in [0.717, 1.165) is 12.8 Å². The number of rotatable bonds is 6. The first-order valence-corrected chi connectivity index (χ1v) is 9.84. The average Bonchev–Trinajstić information content (AvgIpc) is 2.59. The Bertz CT molecular complexity index is 650. The summed E-state index contributed by atoms with van der Waals surface area (Å²) in [6.45, 7) is 5.72. The molecule has 1 aromatic rings. The standard InChI is InChI=1S/C17H26N2O4S/c1-3-18(12-13-20)17(21)15-4-6-16(7-5-15)24(22,23)19-10-8-14(2)9-11-19/h4-7,14,20H,3,8-13H2,1-2H3. The highest BCUT2D eigenvalue weighted by atomic mass is 32.2. The van der Waals surface area contributed by atoms with E-state index in [0.29, 0.717) is 31.1 Å². The fourth-order valence-electron chi connectivity index (χ4n) is 2.85. The van der Waals surface area contributed by atoms with Crippen LogP contribution in [0.15, 0.2) is 29.2 Å². The number of nitrogens with zero attached hydrogens (tertiary/aromatic N) is 2. The number of aliphatic hydroxyl groups excluding tert-OH is 1. The first-order valence-electron chi connectivity index (χ1n) is 8.40. The molecule has 1 aliphatic heterocycles. The molecule has 0 spiro atoms. The molecule has 134 valence electrons. The lowest BCUT2D eigenvalue weighted by atomic mass is 10.0. The SMILES string of the molecule is CCN(CCO)C(=O)c1ccc(S(=O)(=O)N2CCC(C)CC2)cc1. The molecule has 1 aliphatic rings. The minimum Gasteiger partial charge on any atom is -0.395 e. The van der Waals surface area contributed by atoms with E-state index in [4.69, 9.17) is 5.11 Å². The molecule has 0 radical (unpaired) electrons. The second kappa shape index (κ2) is 8.09. The molecule has 0 atom stereocenters. The van der Waals surface area contributed by atoms with E-state index in [1.54, 1.807) is 12.1 Å². The number of aliphatic hydroxyl groups is 1. The lowest BCUT2D eigenvalue weighted by molar-refractivity contribution is 0.0732. The van der Waals surface area contributed by atoms with Gasteiger partial charge in [-0.3, -0.25) is 4.79 Å². The molecule has 1 N–H and O–H groups in total. The zero-order valence-corrected chi connectivity index (χ0v) is 15.1. The van der Waals surface area contributed by atoms with Crippen LogP contribution in [-0.4, -0.2) is 61.4 Å². The highest BCUT2D eigenvalue weighted by molar-refractivity contribution is 7.89. The Morgan fingerprint density at radius 2 is 1.83 bits per heavy atom. The molecule has 1 amide bonds. The van der Waals surface area contributed by atoms with Crippen LogP contribution in [-0.2, 0) is 10.0 Å². The zero-order chi connectivity index (χ0) is 17.7. The lowest BCUT2D eigenvalue weighted by Gasteiger charge is -2.29. The van der Waals surface area contributed by atoms with E-state index in [9.17, 15) is 13.2 Å². The Kier molecular flexibility index (Phi) is 6.37. The Hall–Kier alpha value is -1.44. The third-order valence-corrected chi connectivity index (χ3v) is 6.43. The van der Waals surface area contributed by atoms with Crippen molar-refractivity contribution in [2.24, 2.45) is 5.92 Å². The fraction of sp³-hybridized carbons (Fsp3) is 0.588. The number of carbonyl (C=O) groups excluding carboxylic acids is 1. The van der Waals surface area contributed by atoms with Gasteiger partial charge in [-0.1, -0.05) is 6.92 Å². The van der Waals surface area contributed by atoms with Crippen molar-refractivity contribution in [3.8, 4) is 0 Å². The number of likely N-dealkylation sites (N-methyl/N-ethyl adjacent to an activating group) is 1. The summed E-state index contributed by atoms with van der Waals surface area (Å²) in [6, 6.07) is 6.07. The van der Waals surface area contributed by atoms with Gasteiger partial charge >= 0.3 is 0 Å². The first-order chi connectivity index (χ1) is 11.4. The Morgan fingerprint density at radius 1 is 1.25 bits per heavy atom. The van der Waals surface area contributed by atoms with Gasteiger partial charge in [0.15, 0.2) is 0 Å². The maximum Gasteiger partial charge on any atom is 0.253 e. The molecule has 0 unspecified atom stereocenters. The Morgan fingerprint density at radius 3 is 2.33 bits per heavy atom. The molecule has 0 bridgehead atoms. The van der Waals surface area contributed by atoms with Gasteiger partial charge in [0.05, 0.1) is 11.5 Å². The van der Waals surface area contributed by atoms with Crippen LogP contribution in [0.25, 0.3) is 0 Å². The van der Waals surface area contributed by atoms with Gasteiger partial charge in [0.1, 0.15) is 0 Å². The van der Waals surface area contributed by atoms with Crippen LogP contribution < -0.4 is 0 Å². The Labute approximate surface area is 144 Å². The van der Waals surface area contributed by atoms with Gasteiger partial charge in [0.25, 0.3) is 5.91 Å². The molecule has 1 heterocycles. The van der Waals surface area contributed by atoms with Crippen molar-refractivity contribution in [2.75, 3.05) is 32.8 Å². The van der Waals surface area contributed by atoms with Crippen LogP contribution in [0.5, 0.6) is 0 Å². The van der Waals surface area contributed by atoms with Gasteiger partial charge in [-0.25, -0.2) is 8.42 Å². The van der Waals surface area contributed by atoms with E-state index < -0.39 is 10.0 Å². The number of hydrogen-bond acceptors (Lipinski definition) is 4. The van der Waals surface area contributed by atoms with Crippen molar-refractivity contribution < 1.29 is 18.3 Å². The smallest absolute Gasteiger partial charge is 0.253 e. The van der Waals surface area contributed by atoms with E-state index in [-0.39, 0.29) is 24.0 Å². The predicted octanol–water partition coefficient (Wildman–Crippen LogP) is 1.56. The number of carbonyl (C=O) groups is 1. The van der Waals surface area contributed by atoms with Crippen LogP contribution in [0.3, 0.4) is 0 Å². The normalized spacial score (nSPS) is 17.0. The summed E-state index contributed by atoms with van der Waals surface area (Å²) in [6.07, 6.45) is 1.75. The number of sulfonamides is 1. The summed E-state index contributed by atoms with van der Waals surface area (Å²) in [5, 5.41) is 9.00. The van der Waals surface area contributed by atoms with Crippen molar-refractivity contribution in [1.82, 2.24) is 9.21 Å². The highest BCUT2D eigenvalue weighted by Crippen LogP contribution is 2.23. The van der Waals surface area contributed by atoms with Crippen LogP contribution in [0.2, 0.25) is 0 Å². The molecule has 1 fully saturated rings. The molecule has 0 aromatic heterocycles. The molecular formula is C17H26N2O4S. The van der Waals surface area contributed by atoms with Gasteiger partial charge < -0.3 is 10.0 Å². The van der Waals surface area contributed by atoms with Gasteiger partial charge in [-0.05, 0) is 49.9 Å². The van der Waals surface area contributed by atoms with E-state index >= 15 is 0 Å².